The van der Waals surface area contributed by atoms with Crippen LogP contribution in [0.2, 0.25) is 0 Å². The Kier molecular flexibility index (Phi) is 13.3. The molecule has 0 saturated heterocycles. The predicted octanol–water partition coefficient (Wildman–Crippen LogP) is 12.9. The Morgan fingerprint density at radius 2 is 1.05 bits per heavy atom. The molecule has 10 rings (SSSR count). The maximum absolute atomic E-state index is 12.0. The fourth-order valence-electron chi connectivity index (χ4n) is 8.97. The number of hydrogen-bond donors (Lipinski definition) is 0. The second kappa shape index (κ2) is 18.7. The molecular weight excluding hydrogens is 675 g/mol. The smallest absolute Gasteiger partial charge is 0.308 e. The third kappa shape index (κ3) is 9.31. The standard InChI is InChI=1S/C50H65N3O2/c1-5-7-9-12-17-38-19-23-46-42(31-38)44-33-40-21-25-48(44)52(46)28-16-29-53-47-24-20-39(18-13-10-8-6-2)32-43(47)45-34-41(22-26-49(45)53)36-51(35-40)27-14-11-15-30-55-50(54)37(3)4/h19-26,31-34,37H,5-18,27-30,35-36H2,1-4H3. The Hall–Kier alpha value is -4.09. The van der Waals surface area contributed by atoms with E-state index in [9.17, 15) is 4.79 Å². The number of carbonyl (C=O) groups excluding carboxylic acids is 1. The van der Waals surface area contributed by atoms with Gasteiger partial charge < -0.3 is 13.9 Å². The lowest BCUT2D eigenvalue weighted by molar-refractivity contribution is -0.147. The molecule has 4 aromatic carbocycles. The van der Waals surface area contributed by atoms with Gasteiger partial charge in [-0.2, -0.15) is 0 Å². The van der Waals surface area contributed by atoms with Crippen LogP contribution in [0.4, 0.5) is 0 Å². The summed E-state index contributed by atoms with van der Waals surface area (Å²) in [7, 11) is 0. The van der Waals surface area contributed by atoms with Gasteiger partial charge in [-0.25, -0.2) is 0 Å². The van der Waals surface area contributed by atoms with E-state index in [0.717, 1.165) is 71.2 Å². The summed E-state index contributed by atoms with van der Waals surface area (Å²) >= 11 is 0. The van der Waals surface area contributed by atoms with Gasteiger partial charge in [0.25, 0.3) is 0 Å². The molecule has 55 heavy (non-hydrogen) atoms. The van der Waals surface area contributed by atoms with Crippen molar-refractivity contribution in [2.24, 2.45) is 5.92 Å². The van der Waals surface area contributed by atoms with Crippen molar-refractivity contribution in [1.82, 2.24) is 14.0 Å². The van der Waals surface area contributed by atoms with E-state index in [1.165, 1.54) is 117 Å². The van der Waals surface area contributed by atoms with E-state index in [1.54, 1.807) is 0 Å². The molecule has 2 aromatic heterocycles. The average molecular weight is 740 g/mol. The van der Waals surface area contributed by atoms with Gasteiger partial charge in [-0.05, 0) is 129 Å². The molecule has 0 amide bonds. The molecule has 0 aliphatic carbocycles. The molecule has 5 heteroatoms. The molecule has 0 N–H and O–H groups in total. The molecule has 0 fully saturated rings. The van der Waals surface area contributed by atoms with Gasteiger partial charge in [0, 0.05) is 69.8 Å². The van der Waals surface area contributed by atoms with E-state index in [4.69, 9.17) is 4.74 Å². The normalized spacial score (nSPS) is 14.0. The monoisotopic (exact) mass is 740 g/mol. The summed E-state index contributed by atoms with van der Waals surface area (Å²) in [5.41, 5.74) is 11.1. The van der Waals surface area contributed by atoms with Crippen LogP contribution in [0.3, 0.4) is 0 Å². The van der Waals surface area contributed by atoms with E-state index < -0.39 is 0 Å². The number of unbranched alkanes of at least 4 members (excludes halogenated alkanes) is 8. The number of rotatable bonds is 17. The first-order chi connectivity index (χ1) is 26.9. The van der Waals surface area contributed by atoms with Crippen LogP contribution in [0, 0.1) is 5.92 Å². The summed E-state index contributed by atoms with van der Waals surface area (Å²) in [5, 5.41) is 5.60. The number of esters is 1. The molecule has 5 nitrogen and oxygen atoms in total. The molecule has 4 aliphatic rings. The lowest BCUT2D eigenvalue weighted by atomic mass is 10.0. The third-order valence-corrected chi connectivity index (χ3v) is 12.0. The van der Waals surface area contributed by atoms with Gasteiger partial charge in [-0.3, -0.25) is 9.69 Å². The van der Waals surface area contributed by atoms with E-state index in [-0.39, 0.29) is 11.9 Å². The number of aromatic nitrogens is 2. The summed E-state index contributed by atoms with van der Waals surface area (Å²) in [6.07, 6.45) is 16.7. The Morgan fingerprint density at radius 1 is 0.582 bits per heavy atom. The maximum Gasteiger partial charge on any atom is 0.308 e. The van der Waals surface area contributed by atoms with Crippen molar-refractivity contribution in [2.45, 2.75) is 144 Å². The van der Waals surface area contributed by atoms with Crippen LogP contribution in [-0.4, -0.2) is 33.2 Å². The zero-order valence-electron chi connectivity index (χ0n) is 34.3. The number of carbonyl (C=O) groups is 1. The fraction of sp³-hybridized carbons (Fsp3) is 0.500. The van der Waals surface area contributed by atoms with Crippen LogP contribution in [0.1, 0.15) is 127 Å². The first kappa shape index (κ1) is 39.2. The highest BCUT2D eigenvalue weighted by atomic mass is 16.5. The van der Waals surface area contributed by atoms with Crippen LogP contribution in [0.15, 0.2) is 72.8 Å². The van der Waals surface area contributed by atoms with Crippen molar-refractivity contribution in [2.75, 3.05) is 13.2 Å². The minimum absolute atomic E-state index is 0.0722. The van der Waals surface area contributed by atoms with Gasteiger partial charge in [0.05, 0.1) is 12.5 Å². The number of fused-ring (bicyclic) bond motifs is 2. The Labute approximate surface area is 330 Å². The highest BCUT2D eigenvalue weighted by Crippen LogP contribution is 2.35. The van der Waals surface area contributed by atoms with Crippen LogP contribution in [0.25, 0.3) is 43.6 Å². The lowest BCUT2D eigenvalue weighted by Gasteiger charge is -2.23. The predicted molar refractivity (Wildman–Crippen MR) is 233 cm³/mol. The number of ether oxygens (including phenoxy) is 1. The quantitative estimate of drug-likeness (QED) is 0.0691. The maximum atomic E-state index is 12.0. The molecule has 292 valence electrons. The summed E-state index contributed by atoms with van der Waals surface area (Å²) in [4.78, 5) is 14.7. The van der Waals surface area contributed by atoms with Crippen molar-refractivity contribution >= 4 is 49.6 Å². The SMILES string of the molecule is CCCCCCc1ccc2c(c1)c1cc3ccc1n2CCCn1c2ccc(CCCCCC)cc2c2cc(ccc21)CN(CCCCCOC(=O)C(C)C)C3. The molecule has 4 aliphatic heterocycles. The third-order valence-electron chi connectivity index (χ3n) is 12.0. The van der Waals surface area contributed by atoms with E-state index in [2.05, 4.69) is 101 Å². The van der Waals surface area contributed by atoms with Crippen molar-refractivity contribution < 1.29 is 9.53 Å². The largest absolute Gasteiger partial charge is 0.465 e. The van der Waals surface area contributed by atoms with Crippen LogP contribution < -0.4 is 0 Å². The van der Waals surface area contributed by atoms with E-state index in [0.29, 0.717) is 6.61 Å². The van der Waals surface area contributed by atoms with Gasteiger partial charge in [0.15, 0.2) is 0 Å². The van der Waals surface area contributed by atoms with Crippen molar-refractivity contribution in [3.63, 3.8) is 0 Å². The Morgan fingerprint density at radius 3 is 1.55 bits per heavy atom. The Balaban J connectivity index is 1.23. The highest BCUT2D eigenvalue weighted by Gasteiger charge is 2.18. The second-order valence-electron chi connectivity index (χ2n) is 16.8. The van der Waals surface area contributed by atoms with E-state index >= 15 is 0 Å². The molecule has 6 aromatic rings. The molecule has 0 unspecified atom stereocenters. The molecular formula is C50H65N3O2. The molecule has 0 spiro atoms. The molecule has 6 heterocycles. The van der Waals surface area contributed by atoms with Crippen LogP contribution in [0.5, 0.6) is 0 Å². The zero-order valence-corrected chi connectivity index (χ0v) is 34.3. The Bertz CT molecular complexity index is 2060. The van der Waals surface area contributed by atoms with Crippen LogP contribution in [-0.2, 0) is 48.6 Å². The van der Waals surface area contributed by atoms with Crippen LogP contribution >= 0.6 is 0 Å². The lowest BCUT2D eigenvalue weighted by Crippen LogP contribution is -2.24. The van der Waals surface area contributed by atoms with E-state index in [1.807, 2.05) is 13.8 Å². The van der Waals surface area contributed by atoms with Gasteiger partial charge in [-0.15, -0.1) is 0 Å². The summed E-state index contributed by atoms with van der Waals surface area (Å²) in [6.45, 7) is 13.7. The number of nitrogens with zero attached hydrogens (tertiary/aromatic N) is 3. The first-order valence-corrected chi connectivity index (χ1v) is 21.9. The van der Waals surface area contributed by atoms with Crippen molar-refractivity contribution in [1.29, 1.82) is 0 Å². The average Bonchev–Trinajstić information content (AvgIpc) is 3.66. The minimum Gasteiger partial charge on any atom is -0.465 e. The zero-order chi connectivity index (χ0) is 38.1. The van der Waals surface area contributed by atoms with Crippen molar-refractivity contribution in [3.8, 4) is 0 Å². The molecule has 0 saturated carbocycles. The molecule has 0 atom stereocenters. The first-order valence-electron chi connectivity index (χ1n) is 21.9. The number of aryl methyl sites for hydroxylation is 4. The van der Waals surface area contributed by atoms with Gasteiger partial charge in [0.1, 0.15) is 0 Å². The highest BCUT2D eigenvalue weighted by molar-refractivity contribution is 6.09. The molecule has 8 bridgehead atoms. The summed E-state index contributed by atoms with van der Waals surface area (Å²) < 4.78 is 10.7. The summed E-state index contributed by atoms with van der Waals surface area (Å²) in [6, 6.07) is 29.2. The number of hydrogen-bond acceptors (Lipinski definition) is 3. The van der Waals surface area contributed by atoms with Crippen molar-refractivity contribution in [3.05, 3.63) is 95.1 Å². The second-order valence-corrected chi connectivity index (χ2v) is 16.8. The topological polar surface area (TPSA) is 39.4 Å². The van der Waals surface area contributed by atoms with Gasteiger partial charge in [-0.1, -0.05) is 90.5 Å². The van der Waals surface area contributed by atoms with Gasteiger partial charge >= 0.3 is 5.97 Å². The molecule has 0 radical (unpaired) electrons. The minimum atomic E-state index is -0.0954. The van der Waals surface area contributed by atoms with Gasteiger partial charge in [0.2, 0.25) is 0 Å². The summed E-state index contributed by atoms with van der Waals surface area (Å²) in [5.74, 6) is -0.168. The fourth-order valence-corrected chi connectivity index (χ4v) is 8.97. The number of benzene rings is 4.